The monoisotopic (exact) mass is 391 g/mol. The second kappa shape index (κ2) is 10.4. The minimum Gasteiger partial charge on any atom is -0.469 e. The van der Waals surface area contributed by atoms with Crippen LogP contribution in [-0.2, 0) is 16.0 Å². The molecule has 3 aromatic carbocycles. The van der Waals surface area contributed by atoms with Gasteiger partial charge in [-0.05, 0) is 61.2 Å². The smallest absolute Gasteiger partial charge is 0.308 e. The van der Waals surface area contributed by atoms with Crippen molar-refractivity contribution in [1.82, 2.24) is 0 Å². The van der Waals surface area contributed by atoms with Gasteiger partial charge >= 0.3 is 5.97 Å². The molecule has 0 unspecified atom stereocenters. The molecule has 0 saturated carbocycles. The van der Waals surface area contributed by atoms with Crippen LogP contribution in [0.25, 0.3) is 0 Å². The molecule has 0 aliphatic heterocycles. The Morgan fingerprint density at radius 2 is 1.41 bits per heavy atom. The van der Waals surface area contributed by atoms with Crippen LogP contribution in [0.4, 0.5) is 15.8 Å². The minimum absolute atomic E-state index is 0.201. The Labute approximate surface area is 171 Å². The van der Waals surface area contributed by atoms with Gasteiger partial charge in [0.2, 0.25) is 0 Å². The molecule has 0 aromatic heterocycles. The summed E-state index contributed by atoms with van der Waals surface area (Å²) in [7, 11) is 1.43. The number of benzene rings is 3. The fourth-order valence-corrected chi connectivity index (χ4v) is 3.45. The van der Waals surface area contributed by atoms with Crippen molar-refractivity contribution in [2.24, 2.45) is 5.92 Å². The first kappa shape index (κ1) is 20.6. The summed E-state index contributed by atoms with van der Waals surface area (Å²) in [6.07, 6.45) is 2.03. The molecule has 0 fully saturated rings. The number of aryl methyl sites for hydroxylation is 1. The zero-order valence-corrected chi connectivity index (χ0v) is 16.6. The number of halogens is 1. The van der Waals surface area contributed by atoms with E-state index < -0.39 is 0 Å². The van der Waals surface area contributed by atoms with Crippen LogP contribution in [0.5, 0.6) is 0 Å². The Morgan fingerprint density at radius 1 is 0.862 bits per heavy atom. The molecule has 0 N–H and O–H groups in total. The van der Waals surface area contributed by atoms with Crippen LogP contribution >= 0.6 is 0 Å². The normalized spacial score (nSPS) is 11.7. The number of carbonyl (C=O) groups excluding carboxylic acids is 1. The van der Waals surface area contributed by atoms with Crippen LogP contribution in [0, 0.1) is 11.7 Å². The number of methoxy groups -OCH3 is 1. The van der Waals surface area contributed by atoms with E-state index in [0.29, 0.717) is 25.8 Å². The van der Waals surface area contributed by atoms with Crippen molar-refractivity contribution in [2.45, 2.75) is 19.3 Å². The molecule has 29 heavy (non-hydrogen) atoms. The number of anilines is 2. The molecule has 3 rings (SSSR count). The van der Waals surface area contributed by atoms with Crippen LogP contribution in [0.3, 0.4) is 0 Å². The average molecular weight is 391 g/mol. The molecule has 0 saturated heterocycles. The van der Waals surface area contributed by atoms with Gasteiger partial charge in [-0.3, -0.25) is 4.79 Å². The molecule has 0 aliphatic rings. The molecule has 0 heterocycles. The van der Waals surface area contributed by atoms with E-state index in [2.05, 4.69) is 29.2 Å². The molecular weight excluding hydrogens is 365 g/mol. The highest BCUT2D eigenvalue weighted by Crippen LogP contribution is 2.27. The molecule has 0 spiro atoms. The zero-order chi connectivity index (χ0) is 20.5. The molecule has 3 aromatic rings. The maximum Gasteiger partial charge on any atom is 0.308 e. The van der Waals surface area contributed by atoms with Crippen molar-refractivity contribution in [1.29, 1.82) is 0 Å². The van der Waals surface area contributed by atoms with Crippen molar-refractivity contribution < 1.29 is 13.9 Å². The van der Waals surface area contributed by atoms with Gasteiger partial charge in [-0.15, -0.1) is 0 Å². The van der Waals surface area contributed by atoms with Crippen molar-refractivity contribution in [3.8, 4) is 0 Å². The Bertz CT molecular complexity index is 842. The summed E-state index contributed by atoms with van der Waals surface area (Å²) in [5.74, 6) is -0.673. The molecule has 0 aliphatic carbocycles. The lowest BCUT2D eigenvalue weighted by atomic mass is 9.96. The minimum atomic E-state index is -0.250. The molecule has 3 nitrogen and oxygen atoms in total. The summed E-state index contributed by atoms with van der Waals surface area (Å²) < 4.78 is 18.2. The topological polar surface area (TPSA) is 29.5 Å². The van der Waals surface area contributed by atoms with E-state index in [1.807, 2.05) is 36.4 Å². The zero-order valence-electron chi connectivity index (χ0n) is 16.6. The predicted molar refractivity (Wildman–Crippen MR) is 115 cm³/mol. The van der Waals surface area contributed by atoms with E-state index in [4.69, 9.17) is 4.74 Å². The molecule has 4 heteroatoms. The fraction of sp³-hybridized carbons (Fsp3) is 0.240. The summed E-state index contributed by atoms with van der Waals surface area (Å²) >= 11 is 0. The number of esters is 1. The molecule has 150 valence electrons. The van der Waals surface area contributed by atoms with E-state index in [0.717, 1.165) is 16.9 Å². The van der Waals surface area contributed by atoms with Crippen molar-refractivity contribution in [2.75, 3.05) is 18.6 Å². The highest BCUT2D eigenvalue weighted by molar-refractivity contribution is 5.72. The molecule has 0 radical (unpaired) electrons. The standard InChI is InChI=1S/C25H26FNO2/c1-29-25(28)21(15-12-20-13-16-22(26)17-14-20)18-19-27(23-8-4-2-5-9-23)24-10-6-3-7-11-24/h2-11,13-14,16-17,21H,12,15,18-19H2,1H3/t21-/m1/s1. The summed E-state index contributed by atoms with van der Waals surface area (Å²) in [4.78, 5) is 14.6. The van der Waals surface area contributed by atoms with Crippen LogP contribution in [0.15, 0.2) is 84.9 Å². The lowest BCUT2D eigenvalue weighted by Gasteiger charge is -2.27. The van der Waals surface area contributed by atoms with Gasteiger partial charge in [0.15, 0.2) is 0 Å². The van der Waals surface area contributed by atoms with E-state index in [1.54, 1.807) is 12.1 Å². The van der Waals surface area contributed by atoms with Gasteiger partial charge in [-0.1, -0.05) is 48.5 Å². The van der Waals surface area contributed by atoms with E-state index in [1.165, 1.54) is 19.2 Å². The summed E-state index contributed by atoms with van der Waals surface area (Å²) in [5.41, 5.74) is 3.19. The largest absolute Gasteiger partial charge is 0.469 e. The third-order valence-electron chi connectivity index (χ3n) is 5.07. The Balaban J connectivity index is 1.71. The van der Waals surface area contributed by atoms with Gasteiger partial charge in [0.1, 0.15) is 5.82 Å². The average Bonchev–Trinajstić information content (AvgIpc) is 2.78. The van der Waals surface area contributed by atoms with Gasteiger partial charge in [0.05, 0.1) is 13.0 Å². The molecule has 0 amide bonds. The Kier molecular flexibility index (Phi) is 7.40. The van der Waals surface area contributed by atoms with Crippen LogP contribution in [0.2, 0.25) is 0 Å². The maximum atomic E-state index is 13.1. The Hall–Kier alpha value is -3.14. The van der Waals surface area contributed by atoms with E-state index >= 15 is 0 Å². The van der Waals surface area contributed by atoms with Crippen LogP contribution in [0.1, 0.15) is 18.4 Å². The van der Waals surface area contributed by atoms with Crippen molar-refractivity contribution >= 4 is 17.3 Å². The van der Waals surface area contributed by atoms with Gasteiger partial charge in [0, 0.05) is 17.9 Å². The number of nitrogens with zero attached hydrogens (tertiary/aromatic N) is 1. The number of rotatable bonds is 9. The number of hydrogen-bond donors (Lipinski definition) is 0. The SMILES string of the molecule is COC(=O)[C@H](CCc1ccc(F)cc1)CCN(c1ccccc1)c1ccccc1. The third-order valence-corrected chi connectivity index (χ3v) is 5.07. The third kappa shape index (κ3) is 5.92. The van der Waals surface area contributed by atoms with Gasteiger partial charge < -0.3 is 9.64 Å². The molecular formula is C25H26FNO2. The maximum absolute atomic E-state index is 13.1. The van der Waals surface area contributed by atoms with Gasteiger partial charge in [-0.2, -0.15) is 0 Å². The van der Waals surface area contributed by atoms with Crippen molar-refractivity contribution in [3.05, 3.63) is 96.3 Å². The van der Waals surface area contributed by atoms with E-state index in [-0.39, 0.29) is 17.7 Å². The van der Waals surface area contributed by atoms with Gasteiger partial charge in [0.25, 0.3) is 0 Å². The molecule has 1 atom stereocenters. The summed E-state index contributed by atoms with van der Waals surface area (Å²) in [6.45, 7) is 0.692. The lowest BCUT2D eigenvalue weighted by Crippen LogP contribution is -2.25. The second-order valence-electron chi connectivity index (χ2n) is 7.00. The lowest BCUT2D eigenvalue weighted by molar-refractivity contribution is -0.145. The number of carbonyl (C=O) groups is 1. The van der Waals surface area contributed by atoms with Crippen LogP contribution in [-0.4, -0.2) is 19.6 Å². The number of ether oxygens (including phenoxy) is 1. The fourth-order valence-electron chi connectivity index (χ4n) is 3.45. The first-order chi connectivity index (χ1) is 14.2. The summed E-state index contributed by atoms with van der Waals surface area (Å²) in [5, 5.41) is 0. The predicted octanol–water partition coefficient (Wildman–Crippen LogP) is 5.78. The molecule has 0 bridgehead atoms. The van der Waals surface area contributed by atoms with Crippen molar-refractivity contribution in [3.63, 3.8) is 0 Å². The second-order valence-corrected chi connectivity index (χ2v) is 7.00. The Morgan fingerprint density at radius 3 is 1.93 bits per heavy atom. The van der Waals surface area contributed by atoms with Crippen LogP contribution < -0.4 is 4.90 Å². The first-order valence-corrected chi connectivity index (χ1v) is 9.87. The van der Waals surface area contributed by atoms with E-state index in [9.17, 15) is 9.18 Å². The van der Waals surface area contributed by atoms with Gasteiger partial charge in [-0.25, -0.2) is 4.39 Å². The summed E-state index contributed by atoms with van der Waals surface area (Å²) in [6, 6.07) is 26.7. The number of para-hydroxylation sites is 2. The first-order valence-electron chi connectivity index (χ1n) is 9.87. The highest BCUT2D eigenvalue weighted by atomic mass is 19.1. The highest BCUT2D eigenvalue weighted by Gasteiger charge is 2.21. The number of hydrogen-bond acceptors (Lipinski definition) is 3. The quantitative estimate of drug-likeness (QED) is 0.433.